The molecule has 0 saturated carbocycles. The fourth-order valence-electron chi connectivity index (χ4n) is 1.49. The van der Waals surface area contributed by atoms with Crippen molar-refractivity contribution in [3.8, 4) is 0 Å². The summed E-state index contributed by atoms with van der Waals surface area (Å²) >= 11 is 0. The minimum atomic E-state index is -1.15. The highest BCUT2D eigenvalue weighted by Crippen LogP contribution is 2.15. The Morgan fingerprint density at radius 2 is 1.86 bits per heavy atom. The van der Waals surface area contributed by atoms with Gasteiger partial charge >= 0.3 is 12.0 Å². The summed E-state index contributed by atoms with van der Waals surface area (Å²) in [5.74, 6) is -1.74. The first-order chi connectivity index (χ1) is 10.0. The fourth-order valence-corrected chi connectivity index (χ4v) is 1.49. The zero-order valence-corrected chi connectivity index (χ0v) is 11.5. The molecule has 8 heteroatoms. The number of urea groups is 1. The van der Waals surface area contributed by atoms with Gasteiger partial charge in [-0.2, -0.15) is 0 Å². The lowest BCUT2D eigenvalue weighted by molar-refractivity contribution is -0.137. The van der Waals surface area contributed by atoms with Crippen molar-refractivity contribution >= 4 is 23.6 Å². The van der Waals surface area contributed by atoms with Gasteiger partial charge in [-0.15, -0.1) is 0 Å². The normalized spacial score (nSPS) is 9.76. The van der Waals surface area contributed by atoms with Gasteiger partial charge in [0.05, 0.1) is 13.2 Å². The molecule has 0 spiro atoms. The molecule has 8 nitrogen and oxygen atoms in total. The van der Waals surface area contributed by atoms with Gasteiger partial charge in [-0.3, -0.25) is 9.59 Å². The number of aliphatic carboxylic acids is 1. The van der Waals surface area contributed by atoms with E-state index in [0.29, 0.717) is 12.3 Å². The fraction of sp³-hybridized carbons (Fsp3) is 0.308. The number of carboxylic acids is 1. The highest BCUT2D eigenvalue weighted by molar-refractivity contribution is 5.93. The zero-order valence-electron chi connectivity index (χ0n) is 11.5. The van der Waals surface area contributed by atoms with Crippen molar-refractivity contribution in [2.45, 2.75) is 6.61 Å². The predicted molar refractivity (Wildman–Crippen MR) is 74.8 cm³/mol. The second-order valence-corrected chi connectivity index (χ2v) is 4.07. The molecular formula is C13H17N3O5. The Hall–Kier alpha value is -2.61. The average Bonchev–Trinajstić information content (AvgIpc) is 2.45. The van der Waals surface area contributed by atoms with E-state index in [1.54, 1.807) is 25.3 Å². The number of carbonyl (C=O) groups excluding carboxylic acids is 2. The van der Waals surface area contributed by atoms with Crippen LogP contribution >= 0.6 is 0 Å². The average molecular weight is 295 g/mol. The Morgan fingerprint density at radius 1 is 1.14 bits per heavy atom. The molecule has 4 N–H and O–H groups in total. The van der Waals surface area contributed by atoms with E-state index in [2.05, 4.69) is 16.0 Å². The van der Waals surface area contributed by atoms with Gasteiger partial charge in [0, 0.05) is 18.4 Å². The number of nitrogens with one attached hydrogen (secondary N) is 3. The van der Waals surface area contributed by atoms with Crippen molar-refractivity contribution in [3.05, 3.63) is 29.8 Å². The molecule has 21 heavy (non-hydrogen) atoms. The number of hydrogen-bond donors (Lipinski definition) is 4. The zero-order chi connectivity index (χ0) is 15.7. The van der Waals surface area contributed by atoms with Gasteiger partial charge in [0.25, 0.3) is 0 Å². The summed E-state index contributed by atoms with van der Waals surface area (Å²) < 4.78 is 5.01. The maximum Gasteiger partial charge on any atom is 0.322 e. The summed E-state index contributed by atoms with van der Waals surface area (Å²) in [7, 11) is 1.55. The highest BCUT2D eigenvalue weighted by atomic mass is 16.5. The Kier molecular flexibility index (Phi) is 6.69. The monoisotopic (exact) mass is 295 g/mol. The summed E-state index contributed by atoms with van der Waals surface area (Å²) in [5.41, 5.74) is 1.37. The SMILES string of the molecule is COCc1ccccc1NC(=O)NCC(=O)NCC(=O)O. The Balaban J connectivity index is 2.43. The molecule has 0 heterocycles. The molecule has 1 rings (SSSR count). The third kappa shape index (κ3) is 6.39. The minimum Gasteiger partial charge on any atom is -0.480 e. The largest absolute Gasteiger partial charge is 0.480 e. The maximum atomic E-state index is 11.7. The maximum absolute atomic E-state index is 11.7. The smallest absolute Gasteiger partial charge is 0.322 e. The summed E-state index contributed by atoms with van der Waals surface area (Å²) in [4.78, 5) is 33.1. The van der Waals surface area contributed by atoms with Crippen molar-refractivity contribution < 1.29 is 24.2 Å². The molecule has 0 aliphatic carbocycles. The van der Waals surface area contributed by atoms with Crippen LogP contribution in [0.5, 0.6) is 0 Å². The molecule has 0 radical (unpaired) electrons. The Bertz CT molecular complexity index is 518. The third-order valence-corrected chi connectivity index (χ3v) is 2.41. The Labute approximate surface area is 121 Å². The van der Waals surface area contributed by atoms with Crippen LogP contribution in [0.25, 0.3) is 0 Å². The lowest BCUT2D eigenvalue weighted by atomic mass is 10.2. The Morgan fingerprint density at radius 3 is 2.52 bits per heavy atom. The summed E-state index contributed by atoms with van der Waals surface area (Å²) in [6, 6.07) is 6.52. The van der Waals surface area contributed by atoms with Gasteiger partial charge in [-0.1, -0.05) is 18.2 Å². The van der Waals surface area contributed by atoms with E-state index in [1.807, 2.05) is 6.07 Å². The van der Waals surface area contributed by atoms with Crippen LogP contribution in [0.2, 0.25) is 0 Å². The van der Waals surface area contributed by atoms with Crippen LogP contribution in [0, 0.1) is 0 Å². The highest BCUT2D eigenvalue weighted by Gasteiger charge is 2.08. The predicted octanol–water partition coefficient (Wildman–Crippen LogP) is 0.155. The number of anilines is 1. The molecule has 1 aromatic rings. The number of para-hydroxylation sites is 1. The van der Waals surface area contributed by atoms with E-state index in [9.17, 15) is 14.4 Å². The first-order valence-electron chi connectivity index (χ1n) is 6.13. The first-order valence-corrected chi connectivity index (χ1v) is 6.13. The first kappa shape index (κ1) is 16.4. The topological polar surface area (TPSA) is 117 Å². The number of carbonyl (C=O) groups is 3. The summed E-state index contributed by atoms with van der Waals surface area (Å²) in [6.45, 7) is -0.458. The number of benzene rings is 1. The van der Waals surface area contributed by atoms with Crippen molar-refractivity contribution in [3.63, 3.8) is 0 Å². The lowest BCUT2D eigenvalue weighted by Gasteiger charge is -2.11. The van der Waals surface area contributed by atoms with Gasteiger partial charge < -0.3 is 25.8 Å². The number of amides is 3. The lowest BCUT2D eigenvalue weighted by Crippen LogP contribution is -2.40. The van der Waals surface area contributed by atoms with E-state index >= 15 is 0 Å². The molecule has 0 atom stereocenters. The third-order valence-electron chi connectivity index (χ3n) is 2.41. The van der Waals surface area contributed by atoms with Crippen LogP contribution in [0.1, 0.15) is 5.56 Å². The van der Waals surface area contributed by atoms with Crippen LogP contribution < -0.4 is 16.0 Å². The summed E-state index contributed by atoms with van der Waals surface area (Å²) in [6.07, 6.45) is 0. The van der Waals surface area contributed by atoms with Crippen molar-refractivity contribution in [2.75, 3.05) is 25.5 Å². The molecule has 0 fully saturated rings. The molecule has 1 aromatic carbocycles. The van der Waals surface area contributed by atoms with Gasteiger partial charge in [-0.25, -0.2) is 4.79 Å². The van der Waals surface area contributed by atoms with Gasteiger partial charge in [0.2, 0.25) is 5.91 Å². The van der Waals surface area contributed by atoms with E-state index < -0.39 is 24.5 Å². The van der Waals surface area contributed by atoms with E-state index in [4.69, 9.17) is 9.84 Å². The van der Waals surface area contributed by atoms with Crippen LogP contribution in [0.4, 0.5) is 10.5 Å². The van der Waals surface area contributed by atoms with E-state index in [-0.39, 0.29) is 6.54 Å². The summed E-state index contributed by atoms with van der Waals surface area (Å²) in [5, 5.41) is 15.4. The second kappa shape index (κ2) is 8.54. The number of methoxy groups -OCH3 is 1. The molecule has 0 aliphatic heterocycles. The van der Waals surface area contributed by atoms with Crippen LogP contribution in [-0.4, -0.2) is 43.2 Å². The van der Waals surface area contributed by atoms with E-state index in [1.165, 1.54) is 0 Å². The van der Waals surface area contributed by atoms with Crippen LogP contribution in [0.3, 0.4) is 0 Å². The van der Waals surface area contributed by atoms with E-state index in [0.717, 1.165) is 5.56 Å². The number of rotatable bonds is 7. The number of hydrogen-bond acceptors (Lipinski definition) is 4. The molecule has 0 bridgehead atoms. The molecule has 0 unspecified atom stereocenters. The standard InChI is InChI=1S/C13H17N3O5/c1-21-8-9-4-2-3-5-10(9)16-13(20)15-6-11(17)14-7-12(18)19/h2-5H,6-8H2,1H3,(H,14,17)(H,18,19)(H2,15,16,20). The molecule has 0 aliphatic rings. The molecule has 114 valence electrons. The van der Waals surface area contributed by atoms with Gasteiger partial charge in [-0.05, 0) is 6.07 Å². The van der Waals surface area contributed by atoms with Crippen molar-refractivity contribution in [2.24, 2.45) is 0 Å². The molecule has 0 aromatic heterocycles. The number of ether oxygens (including phenoxy) is 1. The van der Waals surface area contributed by atoms with Crippen LogP contribution in [0.15, 0.2) is 24.3 Å². The van der Waals surface area contributed by atoms with Crippen molar-refractivity contribution in [1.82, 2.24) is 10.6 Å². The second-order valence-electron chi connectivity index (χ2n) is 4.07. The quantitative estimate of drug-likeness (QED) is 0.571. The molecule has 3 amide bonds. The van der Waals surface area contributed by atoms with Crippen LogP contribution in [-0.2, 0) is 20.9 Å². The van der Waals surface area contributed by atoms with Crippen molar-refractivity contribution in [1.29, 1.82) is 0 Å². The van der Waals surface area contributed by atoms with Gasteiger partial charge in [0.1, 0.15) is 6.54 Å². The number of carboxylic acid groups (broad SMARTS) is 1. The minimum absolute atomic E-state index is 0.314. The van der Waals surface area contributed by atoms with Gasteiger partial charge in [0.15, 0.2) is 0 Å². The molecular weight excluding hydrogens is 278 g/mol. The molecule has 0 saturated heterocycles.